The molecule has 8 nitrogen and oxygen atoms in total. The molecule has 2 fully saturated rings. The first-order valence-electron chi connectivity index (χ1n) is 7.37. The van der Waals surface area contributed by atoms with Crippen molar-refractivity contribution in [2.24, 2.45) is 5.92 Å². The molecule has 1 atom stereocenters. The van der Waals surface area contributed by atoms with Crippen molar-refractivity contribution in [2.45, 2.75) is 11.2 Å². The van der Waals surface area contributed by atoms with Gasteiger partial charge in [0.15, 0.2) is 9.84 Å². The predicted octanol–water partition coefficient (Wildman–Crippen LogP) is -0.482. The van der Waals surface area contributed by atoms with Crippen molar-refractivity contribution in [3.63, 3.8) is 0 Å². The molecule has 0 radical (unpaired) electrons. The van der Waals surface area contributed by atoms with Crippen molar-refractivity contribution in [3.8, 4) is 6.01 Å². The summed E-state index contributed by atoms with van der Waals surface area (Å²) in [7, 11) is -1.80. The topological polar surface area (TPSA) is 98.7 Å². The molecule has 23 heavy (non-hydrogen) atoms. The summed E-state index contributed by atoms with van der Waals surface area (Å²) in [5, 5.41) is 0. The third-order valence-corrected chi connectivity index (χ3v) is 7.20. The summed E-state index contributed by atoms with van der Waals surface area (Å²) in [5.41, 5.74) is 0. The molecule has 0 saturated carbocycles. The first-order chi connectivity index (χ1) is 11.0. The Kier molecular flexibility index (Phi) is 4.24. The van der Waals surface area contributed by atoms with Crippen LogP contribution in [-0.2, 0) is 19.4 Å². The number of ether oxygens (including phenoxy) is 2. The molecule has 2 aliphatic heterocycles. The largest absolute Gasteiger partial charge is 0.463 e. The maximum atomic E-state index is 12.5. The fourth-order valence-corrected chi connectivity index (χ4v) is 5.63. The number of aromatic nitrogens is 2. The van der Waals surface area contributed by atoms with Crippen LogP contribution < -0.4 is 4.74 Å². The van der Waals surface area contributed by atoms with Gasteiger partial charge in [-0.2, -0.15) is 0 Å². The molecule has 1 amide bonds. The number of rotatable bonds is 5. The van der Waals surface area contributed by atoms with Gasteiger partial charge >= 0.3 is 6.01 Å². The molecular weight excluding hydrogens is 322 g/mol. The van der Waals surface area contributed by atoms with Crippen molar-refractivity contribution in [1.29, 1.82) is 0 Å². The lowest BCUT2D eigenvalue weighted by atomic mass is 9.83. The van der Waals surface area contributed by atoms with Crippen molar-refractivity contribution in [3.05, 3.63) is 18.5 Å². The lowest BCUT2D eigenvalue weighted by molar-refractivity contribution is -0.141. The minimum absolute atomic E-state index is 0.0326. The summed E-state index contributed by atoms with van der Waals surface area (Å²) >= 11 is 0. The molecule has 3 heterocycles. The summed E-state index contributed by atoms with van der Waals surface area (Å²) in [6, 6.07) is 1.91. The van der Waals surface area contributed by atoms with Gasteiger partial charge in [-0.05, 0) is 12.5 Å². The van der Waals surface area contributed by atoms with E-state index >= 15 is 0 Å². The maximum absolute atomic E-state index is 12.5. The minimum atomic E-state index is -3.24. The molecule has 0 N–H and O–H groups in total. The molecule has 1 spiro atoms. The van der Waals surface area contributed by atoms with Gasteiger partial charge < -0.3 is 14.4 Å². The zero-order chi connectivity index (χ0) is 16.5. The first-order valence-corrected chi connectivity index (χ1v) is 9.02. The number of methoxy groups -OCH3 is 1. The highest BCUT2D eigenvalue weighted by Gasteiger charge is 2.62. The van der Waals surface area contributed by atoms with Crippen molar-refractivity contribution < 1.29 is 22.7 Å². The zero-order valence-electron chi connectivity index (χ0n) is 12.8. The number of carbonyl (C=O) groups is 1. The van der Waals surface area contributed by atoms with Crippen LogP contribution in [-0.4, -0.2) is 73.1 Å². The van der Waals surface area contributed by atoms with E-state index in [4.69, 9.17) is 9.47 Å². The third kappa shape index (κ3) is 2.78. The first kappa shape index (κ1) is 16.1. The molecule has 0 aromatic carbocycles. The lowest BCUT2D eigenvalue weighted by Gasteiger charge is -2.49. The zero-order valence-corrected chi connectivity index (χ0v) is 13.7. The Balaban J connectivity index is 1.68. The van der Waals surface area contributed by atoms with E-state index in [1.54, 1.807) is 18.5 Å². The Morgan fingerprint density at radius 2 is 2.09 bits per heavy atom. The Bertz CT molecular complexity index is 673. The molecule has 0 unspecified atom stereocenters. The van der Waals surface area contributed by atoms with Crippen LogP contribution in [0.2, 0.25) is 0 Å². The molecule has 0 aliphatic carbocycles. The Morgan fingerprint density at radius 1 is 1.39 bits per heavy atom. The van der Waals surface area contributed by atoms with Gasteiger partial charge in [0.2, 0.25) is 5.91 Å². The fraction of sp³-hybridized carbons (Fsp3) is 0.643. The number of hydrogen-bond donors (Lipinski definition) is 0. The summed E-state index contributed by atoms with van der Waals surface area (Å²) in [4.78, 5) is 21.3. The smallest absolute Gasteiger partial charge is 0.316 e. The van der Waals surface area contributed by atoms with E-state index < -0.39 is 14.6 Å². The maximum Gasteiger partial charge on any atom is 0.316 e. The molecule has 2 aliphatic rings. The van der Waals surface area contributed by atoms with Crippen LogP contribution in [0.3, 0.4) is 0 Å². The second-order valence-electron chi connectivity index (χ2n) is 5.89. The van der Waals surface area contributed by atoms with E-state index in [1.807, 2.05) is 0 Å². The normalized spacial score (nSPS) is 24.4. The molecule has 1 aromatic rings. The van der Waals surface area contributed by atoms with E-state index in [9.17, 15) is 13.2 Å². The molecule has 2 saturated heterocycles. The average Bonchev–Trinajstić information content (AvgIpc) is 2.75. The summed E-state index contributed by atoms with van der Waals surface area (Å²) in [5.74, 6) is -0.225. The van der Waals surface area contributed by atoms with E-state index in [0.29, 0.717) is 6.42 Å². The third-order valence-electron chi connectivity index (χ3n) is 4.59. The van der Waals surface area contributed by atoms with Crippen LogP contribution in [0.1, 0.15) is 6.42 Å². The van der Waals surface area contributed by atoms with Gasteiger partial charge in [-0.1, -0.05) is 0 Å². The number of likely N-dealkylation sites (tertiary alicyclic amines) is 1. The number of hydrogen-bond acceptors (Lipinski definition) is 7. The quantitative estimate of drug-likeness (QED) is 0.713. The molecule has 3 rings (SSSR count). The number of carbonyl (C=O) groups excluding carboxylic acids is 1. The predicted molar refractivity (Wildman–Crippen MR) is 80.6 cm³/mol. The van der Waals surface area contributed by atoms with Crippen LogP contribution in [0, 0.1) is 5.92 Å². The van der Waals surface area contributed by atoms with Crippen molar-refractivity contribution >= 4 is 15.7 Å². The highest BCUT2D eigenvalue weighted by Crippen LogP contribution is 2.44. The Labute approximate surface area is 134 Å². The Hall–Kier alpha value is -1.74. The highest BCUT2D eigenvalue weighted by molar-refractivity contribution is 7.93. The van der Waals surface area contributed by atoms with Gasteiger partial charge in [0.25, 0.3) is 0 Å². The second kappa shape index (κ2) is 6.04. The van der Waals surface area contributed by atoms with Gasteiger partial charge in [0.05, 0.1) is 12.4 Å². The van der Waals surface area contributed by atoms with Crippen molar-refractivity contribution in [1.82, 2.24) is 14.9 Å². The highest BCUT2D eigenvalue weighted by atomic mass is 32.2. The van der Waals surface area contributed by atoms with Crippen LogP contribution in [0.25, 0.3) is 0 Å². The van der Waals surface area contributed by atoms with E-state index in [0.717, 1.165) is 0 Å². The van der Waals surface area contributed by atoms with Gasteiger partial charge in [-0.3, -0.25) is 4.79 Å². The Morgan fingerprint density at radius 3 is 2.74 bits per heavy atom. The van der Waals surface area contributed by atoms with E-state index in [-0.39, 0.29) is 49.9 Å². The monoisotopic (exact) mass is 341 g/mol. The van der Waals surface area contributed by atoms with Gasteiger partial charge in [0.1, 0.15) is 11.4 Å². The van der Waals surface area contributed by atoms with Crippen LogP contribution in [0.4, 0.5) is 0 Å². The van der Waals surface area contributed by atoms with Gasteiger partial charge in [0, 0.05) is 38.5 Å². The second-order valence-corrected chi connectivity index (χ2v) is 8.35. The SMILES string of the molecule is COCC(=O)N1CC2(C1)[C@H](COc1ncccn1)CCS2(=O)=O. The molecule has 9 heteroatoms. The standard InChI is InChI=1S/C14H19N3O5S/c1-21-8-12(18)17-9-14(10-17)11(3-6-23(14,19)20)7-22-13-15-4-2-5-16-13/h2,4-5,11H,3,6-10H2,1H3/t11-/m0/s1. The van der Waals surface area contributed by atoms with E-state index in [2.05, 4.69) is 9.97 Å². The minimum Gasteiger partial charge on any atom is -0.463 e. The van der Waals surface area contributed by atoms with Crippen molar-refractivity contribution in [2.75, 3.05) is 39.2 Å². The lowest BCUT2D eigenvalue weighted by Crippen LogP contribution is -2.69. The summed E-state index contributed by atoms with van der Waals surface area (Å²) in [6.45, 7) is 0.618. The molecular formula is C14H19N3O5S. The van der Waals surface area contributed by atoms with Crippen LogP contribution >= 0.6 is 0 Å². The number of sulfone groups is 1. The molecule has 0 bridgehead atoms. The van der Waals surface area contributed by atoms with E-state index in [1.165, 1.54) is 12.0 Å². The average molecular weight is 341 g/mol. The molecule has 126 valence electrons. The van der Waals surface area contributed by atoms with Gasteiger partial charge in [-0.25, -0.2) is 18.4 Å². The summed E-state index contributed by atoms with van der Waals surface area (Å²) in [6.07, 6.45) is 3.66. The number of amides is 1. The van der Waals surface area contributed by atoms with Crippen LogP contribution in [0.5, 0.6) is 6.01 Å². The summed E-state index contributed by atoms with van der Waals surface area (Å²) < 4.78 is 34.4. The molecule has 1 aromatic heterocycles. The van der Waals surface area contributed by atoms with Gasteiger partial charge in [-0.15, -0.1) is 0 Å². The van der Waals surface area contributed by atoms with Crippen LogP contribution in [0.15, 0.2) is 18.5 Å². The number of nitrogens with zero attached hydrogens (tertiary/aromatic N) is 3. The fourth-order valence-electron chi connectivity index (χ4n) is 3.23.